The number of hydrogen-bond donors (Lipinski definition) is 3. The van der Waals surface area contributed by atoms with E-state index < -0.39 is 8.80 Å². The van der Waals surface area contributed by atoms with Gasteiger partial charge in [0.05, 0.1) is 0 Å². The molecule has 1 aromatic carbocycles. The Hall–Kier alpha value is 0.317. The number of aliphatic hydroxyl groups excluding tert-OH is 3. The molecule has 0 fully saturated rings. The minimum Gasteiger partial charge on any atom is -0.396 e. The minimum absolute atomic E-state index is 0. The maximum absolute atomic E-state index is 8.14. The van der Waals surface area contributed by atoms with Crippen LogP contribution in [0.15, 0.2) is 24.3 Å². The van der Waals surface area contributed by atoms with Crippen LogP contribution in [-0.2, 0) is 25.8 Å². The quantitative estimate of drug-likeness (QED) is 0.420. The molecule has 0 aliphatic carbocycles. The van der Waals surface area contributed by atoms with Gasteiger partial charge in [0, 0.05) is 54.5 Å². The van der Waals surface area contributed by atoms with E-state index in [4.69, 9.17) is 15.3 Å². The van der Waals surface area contributed by atoms with Gasteiger partial charge in [-0.15, -0.1) is 0 Å². The van der Waals surface area contributed by atoms with E-state index in [2.05, 4.69) is 37.4 Å². The van der Waals surface area contributed by atoms with Gasteiger partial charge >= 0.3 is 0 Å². The Bertz CT molecular complexity index is 281. The second-order valence-electron chi connectivity index (χ2n) is 7.10. The van der Waals surface area contributed by atoms with E-state index >= 15 is 0 Å². The molecule has 0 amide bonds. The fraction of sp³-hybridized carbons (Fsp3) is 0.737. The zero-order chi connectivity index (χ0) is 18.8. The first-order valence-corrected chi connectivity index (χ1v) is 11.5. The van der Waals surface area contributed by atoms with Crippen molar-refractivity contribution < 1.29 is 41.2 Å². The van der Waals surface area contributed by atoms with Crippen LogP contribution in [0.3, 0.4) is 0 Å². The fourth-order valence-electron chi connectivity index (χ4n) is 0.774. The van der Waals surface area contributed by atoms with E-state index in [1.165, 1.54) is 0 Å². The summed E-state index contributed by atoms with van der Waals surface area (Å²) in [5, 5.41) is 26.0. The Morgan fingerprint density at radius 3 is 1.00 bits per heavy atom. The molecule has 24 heavy (non-hydrogen) atoms. The second-order valence-corrected chi connectivity index (χ2v) is 10.1. The van der Waals surface area contributed by atoms with Crippen molar-refractivity contribution in [3.05, 3.63) is 24.3 Å². The molecule has 1 rings (SSSR count). The summed E-state index contributed by atoms with van der Waals surface area (Å²) in [4.78, 5) is 0. The zero-order valence-corrected chi connectivity index (χ0v) is 21.8. The third-order valence-electron chi connectivity index (χ3n) is 2.45. The Morgan fingerprint density at radius 1 is 0.708 bits per heavy atom. The van der Waals surface area contributed by atoms with Crippen molar-refractivity contribution in [1.29, 1.82) is 0 Å². The summed E-state index contributed by atoms with van der Waals surface area (Å²) in [5.41, 5.74) is 0. The Kier molecular flexibility index (Phi) is 31.1. The molecule has 1 aromatic rings. The molecule has 0 aliphatic heterocycles. The van der Waals surface area contributed by atoms with E-state index in [1.54, 1.807) is 5.19 Å². The average Bonchev–Trinajstić information content (AvgIpc) is 3.03. The molecule has 0 radical (unpaired) electrons. The largest absolute Gasteiger partial charge is 0.396 e. The Labute approximate surface area is 171 Å². The van der Waals surface area contributed by atoms with E-state index in [1.807, 2.05) is 41.5 Å². The summed E-state index contributed by atoms with van der Waals surface area (Å²) in [5.74, 6) is 1.32. The van der Waals surface area contributed by atoms with Crippen molar-refractivity contribution in [3.8, 4) is 0 Å². The van der Waals surface area contributed by atoms with Gasteiger partial charge in [0.2, 0.25) is 0 Å². The van der Waals surface area contributed by atoms with Crippen LogP contribution < -0.4 is 5.19 Å². The number of hydrogen-bond acceptors (Lipinski definition) is 3. The maximum Gasteiger partial charge on any atom is 0.0453 e. The van der Waals surface area contributed by atoms with Crippen molar-refractivity contribution in [2.75, 3.05) is 19.8 Å². The van der Waals surface area contributed by atoms with Crippen LogP contribution in [0, 0.1) is 17.8 Å². The molecular weight excluding hydrogens is 483 g/mol. The summed E-state index contributed by atoms with van der Waals surface area (Å²) in [6.07, 6.45) is 0. The predicted octanol–water partition coefficient (Wildman–Crippen LogP) is 3.00. The molecule has 3 nitrogen and oxygen atoms in total. The third kappa shape index (κ3) is 33.8. The molecule has 3 N–H and O–H groups in total. The summed E-state index contributed by atoms with van der Waals surface area (Å²) < 4.78 is 0. The van der Waals surface area contributed by atoms with Crippen molar-refractivity contribution in [2.45, 2.75) is 54.6 Å². The van der Waals surface area contributed by atoms with Crippen LogP contribution in [0.5, 0.6) is 0 Å². The average molecular weight is 524 g/mol. The molecule has 0 saturated carbocycles. The van der Waals surface area contributed by atoms with E-state index in [0.29, 0.717) is 37.6 Å². The van der Waals surface area contributed by atoms with Crippen molar-refractivity contribution in [2.24, 2.45) is 17.8 Å². The first-order valence-electron chi connectivity index (χ1n) is 8.66. The first kappa shape index (κ1) is 32.0. The van der Waals surface area contributed by atoms with Gasteiger partial charge in [-0.25, -0.2) is 12.1 Å². The molecule has 0 atom stereocenters. The van der Waals surface area contributed by atoms with Crippen LogP contribution in [0.2, 0.25) is 13.1 Å². The topological polar surface area (TPSA) is 60.7 Å². The van der Waals surface area contributed by atoms with Crippen LogP contribution in [0.25, 0.3) is 0 Å². The molecule has 0 aliphatic rings. The first-order chi connectivity index (χ1) is 10.6. The molecule has 0 spiro atoms. The molecule has 144 valence electrons. The Balaban J connectivity index is -0.000000113. The third-order valence-corrected chi connectivity index (χ3v) is 4.17. The van der Waals surface area contributed by atoms with Gasteiger partial charge in [-0.2, -0.15) is 17.3 Å². The fourth-order valence-corrected chi connectivity index (χ4v) is 1.77. The SMILES string of the molecule is CC(C)CO.CC(C)CO.CC(C)CO.C[SiH](C)[c-]1cccc1.[Hf]. The Morgan fingerprint density at radius 2 is 0.917 bits per heavy atom. The minimum atomic E-state index is -0.480. The summed E-state index contributed by atoms with van der Waals surface area (Å²) >= 11 is 0. The molecular formula is C19H41HfO3Si-. The van der Waals surface area contributed by atoms with E-state index in [-0.39, 0.29) is 25.8 Å². The maximum atomic E-state index is 8.14. The van der Waals surface area contributed by atoms with Crippen molar-refractivity contribution >= 4 is 14.0 Å². The van der Waals surface area contributed by atoms with E-state index in [0.717, 1.165) is 0 Å². The monoisotopic (exact) mass is 525 g/mol. The van der Waals surface area contributed by atoms with Gasteiger partial charge in [0.25, 0.3) is 0 Å². The summed E-state index contributed by atoms with van der Waals surface area (Å²) in [6.45, 7) is 17.4. The molecule has 0 unspecified atom stereocenters. The van der Waals surface area contributed by atoms with Gasteiger partial charge in [0.1, 0.15) is 0 Å². The van der Waals surface area contributed by atoms with Crippen LogP contribution in [0.1, 0.15) is 41.5 Å². The van der Waals surface area contributed by atoms with Crippen molar-refractivity contribution in [1.82, 2.24) is 0 Å². The molecule has 0 saturated heterocycles. The smallest absolute Gasteiger partial charge is 0.0453 e. The number of aliphatic hydroxyl groups is 3. The van der Waals surface area contributed by atoms with Gasteiger partial charge < -0.3 is 15.3 Å². The second kappa shape index (κ2) is 23.3. The van der Waals surface area contributed by atoms with Crippen LogP contribution in [0.4, 0.5) is 0 Å². The number of rotatable bonds is 4. The molecule has 0 heterocycles. The molecule has 0 bridgehead atoms. The molecule has 5 heteroatoms. The normalized spacial score (nSPS) is 9.46. The van der Waals surface area contributed by atoms with Gasteiger partial charge in [-0.1, -0.05) is 54.6 Å². The summed E-state index contributed by atoms with van der Waals surface area (Å²) in [6, 6.07) is 8.67. The molecule has 0 aromatic heterocycles. The van der Waals surface area contributed by atoms with Gasteiger partial charge in [-0.3, -0.25) is 0 Å². The van der Waals surface area contributed by atoms with Gasteiger partial charge in [-0.05, 0) is 17.8 Å². The van der Waals surface area contributed by atoms with Crippen LogP contribution >= 0.6 is 0 Å². The van der Waals surface area contributed by atoms with Crippen molar-refractivity contribution in [3.63, 3.8) is 0 Å². The summed E-state index contributed by atoms with van der Waals surface area (Å²) in [7, 11) is -0.480. The zero-order valence-electron chi connectivity index (χ0n) is 17.1. The standard InChI is InChI=1S/C7H11Si.3C4H10O.Hf/c1-8(2)7-5-3-4-6-7;3*1-4(2)3-5;/h3-6,8H,1-2H3;3*4-5H,3H2,1-2H3;/q-1;;;;. The van der Waals surface area contributed by atoms with Crippen LogP contribution in [-0.4, -0.2) is 43.9 Å². The van der Waals surface area contributed by atoms with Gasteiger partial charge in [0.15, 0.2) is 0 Å². The van der Waals surface area contributed by atoms with E-state index in [9.17, 15) is 0 Å². The predicted molar refractivity (Wildman–Crippen MR) is 106 cm³/mol.